The molecule has 0 aliphatic rings. The number of rotatable bonds is 6. The number of ether oxygens (including phenoxy) is 1. The standard InChI is InChI=1S/C11H17NO2/c1-14-11(7-8-13)9-12-10-5-3-2-4-6-10/h2-6,11-13H,7-9H2,1H3/t11-/m1/s1. The van der Waals surface area contributed by atoms with Gasteiger partial charge in [0.15, 0.2) is 0 Å². The Morgan fingerprint density at radius 2 is 2.07 bits per heavy atom. The molecule has 1 aromatic carbocycles. The number of anilines is 1. The number of aliphatic hydroxyl groups is 1. The van der Waals surface area contributed by atoms with E-state index in [4.69, 9.17) is 9.84 Å². The van der Waals surface area contributed by atoms with Crippen molar-refractivity contribution in [2.45, 2.75) is 12.5 Å². The average molecular weight is 195 g/mol. The molecule has 0 amide bonds. The maximum absolute atomic E-state index is 8.76. The monoisotopic (exact) mass is 195 g/mol. The Labute approximate surface area is 84.7 Å². The topological polar surface area (TPSA) is 41.5 Å². The van der Waals surface area contributed by atoms with Gasteiger partial charge >= 0.3 is 0 Å². The van der Waals surface area contributed by atoms with Crippen LogP contribution < -0.4 is 5.32 Å². The van der Waals surface area contributed by atoms with Gasteiger partial charge in [0, 0.05) is 25.9 Å². The first-order valence-electron chi connectivity index (χ1n) is 4.79. The van der Waals surface area contributed by atoms with Crippen LogP contribution in [0.4, 0.5) is 5.69 Å². The number of methoxy groups -OCH3 is 1. The zero-order valence-electron chi connectivity index (χ0n) is 8.44. The molecule has 0 saturated heterocycles. The van der Waals surface area contributed by atoms with Crippen molar-refractivity contribution in [3.63, 3.8) is 0 Å². The van der Waals surface area contributed by atoms with Crippen molar-refractivity contribution in [2.75, 3.05) is 25.6 Å². The van der Waals surface area contributed by atoms with E-state index in [9.17, 15) is 0 Å². The lowest BCUT2D eigenvalue weighted by atomic mass is 10.2. The molecule has 78 valence electrons. The quantitative estimate of drug-likeness (QED) is 0.722. The molecule has 0 unspecified atom stereocenters. The van der Waals surface area contributed by atoms with Crippen LogP contribution in [0.25, 0.3) is 0 Å². The second-order valence-electron chi connectivity index (χ2n) is 3.12. The van der Waals surface area contributed by atoms with Crippen molar-refractivity contribution in [1.29, 1.82) is 0 Å². The Balaban J connectivity index is 2.32. The van der Waals surface area contributed by atoms with Crippen LogP contribution in [-0.2, 0) is 4.74 Å². The summed E-state index contributed by atoms with van der Waals surface area (Å²) in [5, 5.41) is 12.0. The number of hydrogen-bond acceptors (Lipinski definition) is 3. The largest absolute Gasteiger partial charge is 0.396 e. The highest BCUT2D eigenvalue weighted by molar-refractivity contribution is 5.42. The minimum absolute atomic E-state index is 0.0696. The van der Waals surface area contributed by atoms with Crippen molar-refractivity contribution in [2.24, 2.45) is 0 Å². The zero-order chi connectivity index (χ0) is 10.2. The Hall–Kier alpha value is -1.06. The molecule has 1 rings (SSSR count). The van der Waals surface area contributed by atoms with Gasteiger partial charge in [-0.3, -0.25) is 0 Å². The van der Waals surface area contributed by atoms with Crippen LogP contribution >= 0.6 is 0 Å². The lowest BCUT2D eigenvalue weighted by molar-refractivity contribution is 0.0871. The molecule has 3 nitrogen and oxygen atoms in total. The Kier molecular flexibility index (Phi) is 5.04. The number of nitrogens with one attached hydrogen (secondary N) is 1. The van der Waals surface area contributed by atoms with E-state index < -0.39 is 0 Å². The molecule has 0 aliphatic carbocycles. The van der Waals surface area contributed by atoms with Crippen molar-refractivity contribution in [1.82, 2.24) is 0 Å². The van der Waals surface area contributed by atoms with Crippen LogP contribution in [0, 0.1) is 0 Å². The third-order valence-corrected chi connectivity index (χ3v) is 2.09. The van der Waals surface area contributed by atoms with Crippen LogP contribution in [0.1, 0.15) is 6.42 Å². The summed E-state index contributed by atoms with van der Waals surface area (Å²) in [5.74, 6) is 0. The second kappa shape index (κ2) is 6.40. The molecule has 0 saturated carbocycles. The van der Waals surface area contributed by atoms with Gasteiger partial charge in [0.25, 0.3) is 0 Å². The van der Waals surface area contributed by atoms with Crippen molar-refractivity contribution < 1.29 is 9.84 Å². The molecule has 1 atom stereocenters. The van der Waals surface area contributed by atoms with Gasteiger partial charge in [-0.1, -0.05) is 18.2 Å². The van der Waals surface area contributed by atoms with Gasteiger partial charge in [0.2, 0.25) is 0 Å². The molecule has 3 heteroatoms. The van der Waals surface area contributed by atoms with Crippen LogP contribution in [0.3, 0.4) is 0 Å². The number of hydrogen-bond donors (Lipinski definition) is 2. The van der Waals surface area contributed by atoms with Crippen molar-refractivity contribution in [3.8, 4) is 0 Å². The molecule has 0 spiro atoms. The first-order valence-corrected chi connectivity index (χ1v) is 4.79. The highest BCUT2D eigenvalue weighted by Gasteiger charge is 2.05. The summed E-state index contributed by atoms with van der Waals surface area (Å²) in [5.41, 5.74) is 1.08. The van der Waals surface area contributed by atoms with Gasteiger partial charge in [-0.05, 0) is 18.6 Å². The van der Waals surface area contributed by atoms with E-state index in [0.29, 0.717) is 6.42 Å². The summed E-state index contributed by atoms with van der Waals surface area (Å²) in [7, 11) is 1.66. The molecule has 1 aromatic rings. The Morgan fingerprint density at radius 1 is 1.36 bits per heavy atom. The molecular formula is C11H17NO2. The average Bonchev–Trinajstić information content (AvgIpc) is 2.25. The van der Waals surface area contributed by atoms with E-state index in [-0.39, 0.29) is 12.7 Å². The van der Waals surface area contributed by atoms with Crippen molar-refractivity contribution >= 4 is 5.69 Å². The second-order valence-corrected chi connectivity index (χ2v) is 3.12. The number of para-hydroxylation sites is 1. The lowest BCUT2D eigenvalue weighted by Gasteiger charge is -2.15. The fourth-order valence-electron chi connectivity index (χ4n) is 1.23. The highest BCUT2D eigenvalue weighted by Crippen LogP contribution is 2.06. The summed E-state index contributed by atoms with van der Waals surface area (Å²) in [6, 6.07) is 9.95. The fraction of sp³-hybridized carbons (Fsp3) is 0.455. The smallest absolute Gasteiger partial charge is 0.0765 e. The Morgan fingerprint density at radius 3 is 2.64 bits per heavy atom. The van der Waals surface area contributed by atoms with Gasteiger partial charge in [-0.15, -0.1) is 0 Å². The molecule has 2 N–H and O–H groups in total. The van der Waals surface area contributed by atoms with Gasteiger partial charge in [0.05, 0.1) is 6.10 Å². The lowest BCUT2D eigenvalue weighted by Crippen LogP contribution is -2.23. The van der Waals surface area contributed by atoms with Crippen LogP contribution in [0.5, 0.6) is 0 Å². The van der Waals surface area contributed by atoms with Crippen LogP contribution in [0.15, 0.2) is 30.3 Å². The fourth-order valence-corrected chi connectivity index (χ4v) is 1.23. The third-order valence-electron chi connectivity index (χ3n) is 2.09. The molecule has 0 bridgehead atoms. The molecule has 0 aliphatic heterocycles. The summed E-state index contributed by atoms with van der Waals surface area (Å²) in [6.45, 7) is 0.885. The number of benzene rings is 1. The van der Waals surface area contributed by atoms with E-state index >= 15 is 0 Å². The van der Waals surface area contributed by atoms with Gasteiger partial charge in [0.1, 0.15) is 0 Å². The molecule has 0 fully saturated rings. The van der Waals surface area contributed by atoms with E-state index in [0.717, 1.165) is 12.2 Å². The van der Waals surface area contributed by atoms with E-state index in [1.54, 1.807) is 7.11 Å². The maximum Gasteiger partial charge on any atom is 0.0765 e. The number of aliphatic hydroxyl groups excluding tert-OH is 1. The summed E-state index contributed by atoms with van der Waals surface area (Å²) in [4.78, 5) is 0. The highest BCUT2D eigenvalue weighted by atomic mass is 16.5. The predicted molar refractivity (Wildman–Crippen MR) is 57.4 cm³/mol. The predicted octanol–water partition coefficient (Wildman–Crippen LogP) is 1.50. The van der Waals surface area contributed by atoms with E-state index in [1.165, 1.54) is 0 Å². The van der Waals surface area contributed by atoms with Gasteiger partial charge < -0.3 is 15.2 Å². The third kappa shape index (κ3) is 3.77. The Bertz CT molecular complexity index is 238. The SMILES string of the molecule is CO[C@H](CCO)CNc1ccccc1. The summed E-state index contributed by atoms with van der Waals surface area (Å²) >= 11 is 0. The molecule has 0 radical (unpaired) electrons. The van der Waals surface area contributed by atoms with Gasteiger partial charge in [-0.2, -0.15) is 0 Å². The molecule has 0 heterocycles. The zero-order valence-corrected chi connectivity index (χ0v) is 8.44. The minimum atomic E-state index is 0.0696. The van der Waals surface area contributed by atoms with Crippen LogP contribution in [-0.4, -0.2) is 31.5 Å². The maximum atomic E-state index is 8.76. The molecular weight excluding hydrogens is 178 g/mol. The normalized spacial score (nSPS) is 12.4. The summed E-state index contributed by atoms with van der Waals surface area (Å²) in [6.07, 6.45) is 0.733. The summed E-state index contributed by atoms with van der Waals surface area (Å²) < 4.78 is 5.19. The van der Waals surface area contributed by atoms with E-state index in [1.807, 2.05) is 30.3 Å². The first kappa shape index (κ1) is 11.0. The first-order chi connectivity index (χ1) is 6.86. The van der Waals surface area contributed by atoms with Crippen molar-refractivity contribution in [3.05, 3.63) is 30.3 Å². The van der Waals surface area contributed by atoms with Gasteiger partial charge in [-0.25, -0.2) is 0 Å². The minimum Gasteiger partial charge on any atom is -0.396 e. The molecule has 14 heavy (non-hydrogen) atoms. The van der Waals surface area contributed by atoms with E-state index in [2.05, 4.69) is 5.32 Å². The molecule has 0 aromatic heterocycles. The van der Waals surface area contributed by atoms with Crippen LogP contribution in [0.2, 0.25) is 0 Å².